The van der Waals surface area contributed by atoms with Crippen LogP contribution in [0.15, 0.2) is 55.0 Å². The van der Waals surface area contributed by atoms with E-state index in [9.17, 15) is 22.4 Å². The summed E-state index contributed by atoms with van der Waals surface area (Å²) in [5.41, 5.74) is 1.03. The van der Waals surface area contributed by atoms with Crippen molar-refractivity contribution in [1.29, 1.82) is 0 Å². The molecule has 2 N–H and O–H groups in total. The standard InChI is InChI=1S/C20H13ClF4N4O/c21-15-5-14-17(6-16(15)22)26-8-18(14)28-19(30)12-7-27-29(10-12)9-11-1-3-13(4-2-11)20(23,24)25/h1-8,10,26H,9H2,(H,28,30). The number of aromatic amines is 1. The van der Waals surface area contributed by atoms with Crippen LogP contribution in [0.4, 0.5) is 23.2 Å². The van der Waals surface area contributed by atoms with Crippen LogP contribution in [0.5, 0.6) is 0 Å². The monoisotopic (exact) mass is 436 g/mol. The van der Waals surface area contributed by atoms with Crippen LogP contribution < -0.4 is 5.32 Å². The lowest BCUT2D eigenvalue weighted by atomic mass is 10.1. The van der Waals surface area contributed by atoms with E-state index in [1.165, 1.54) is 47.5 Å². The number of aromatic nitrogens is 3. The van der Waals surface area contributed by atoms with Gasteiger partial charge in [-0.1, -0.05) is 23.7 Å². The molecule has 2 aromatic carbocycles. The minimum atomic E-state index is -4.39. The molecule has 0 unspecified atom stereocenters. The molecule has 0 spiro atoms. The molecule has 0 aliphatic rings. The fraction of sp³-hybridized carbons (Fsp3) is 0.100. The molecule has 4 rings (SSSR count). The first-order valence-electron chi connectivity index (χ1n) is 8.67. The lowest BCUT2D eigenvalue weighted by Gasteiger charge is -2.07. The average Bonchev–Trinajstić information content (AvgIpc) is 3.30. The number of amides is 1. The Labute approximate surface area is 172 Å². The molecule has 0 aliphatic carbocycles. The summed E-state index contributed by atoms with van der Waals surface area (Å²) in [7, 11) is 0. The van der Waals surface area contributed by atoms with Crippen molar-refractivity contribution < 1.29 is 22.4 Å². The minimum absolute atomic E-state index is 0.0676. The second-order valence-electron chi connectivity index (χ2n) is 6.59. The molecule has 0 atom stereocenters. The van der Waals surface area contributed by atoms with Gasteiger partial charge in [0.1, 0.15) is 5.82 Å². The van der Waals surface area contributed by atoms with E-state index in [1.54, 1.807) is 0 Å². The van der Waals surface area contributed by atoms with Gasteiger partial charge in [-0.3, -0.25) is 9.48 Å². The molecule has 5 nitrogen and oxygen atoms in total. The Morgan fingerprint density at radius 2 is 1.93 bits per heavy atom. The Bertz CT molecular complexity index is 1230. The average molecular weight is 437 g/mol. The first-order valence-corrected chi connectivity index (χ1v) is 9.04. The topological polar surface area (TPSA) is 62.7 Å². The molecule has 0 bridgehead atoms. The number of hydrogen-bond acceptors (Lipinski definition) is 2. The molecule has 154 valence electrons. The lowest BCUT2D eigenvalue weighted by molar-refractivity contribution is -0.137. The Balaban J connectivity index is 1.47. The van der Waals surface area contributed by atoms with Gasteiger partial charge in [0.2, 0.25) is 0 Å². The van der Waals surface area contributed by atoms with E-state index in [4.69, 9.17) is 11.6 Å². The van der Waals surface area contributed by atoms with Crippen LogP contribution in [-0.2, 0) is 12.7 Å². The van der Waals surface area contributed by atoms with Crippen molar-refractivity contribution in [3.05, 3.63) is 82.5 Å². The molecule has 2 aromatic heterocycles. The fourth-order valence-electron chi connectivity index (χ4n) is 2.97. The van der Waals surface area contributed by atoms with Crippen molar-refractivity contribution in [2.45, 2.75) is 12.7 Å². The molecular weight excluding hydrogens is 424 g/mol. The Morgan fingerprint density at radius 3 is 2.63 bits per heavy atom. The van der Waals surface area contributed by atoms with Gasteiger partial charge in [-0.25, -0.2) is 4.39 Å². The van der Waals surface area contributed by atoms with Crippen molar-refractivity contribution in [3.63, 3.8) is 0 Å². The maximum absolute atomic E-state index is 13.5. The molecule has 0 aliphatic heterocycles. The number of rotatable bonds is 4. The van der Waals surface area contributed by atoms with Crippen molar-refractivity contribution in [2.24, 2.45) is 0 Å². The molecular formula is C20H13ClF4N4O. The number of carbonyl (C=O) groups is 1. The summed E-state index contributed by atoms with van der Waals surface area (Å²) in [5, 5.41) is 7.26. The molecule has 2 heterocycles. The Kier molecular flexibility index (Phi) is 4.98. The van der Waals surface area contributed by atoms with E-state index in [-0.39, 0.29) is 17.1 Å². The van der Waals surface area contributed by atoms with Crippen LogP contribution in [0.1, 0.15) is 21.5 Å². The highest BCUT2D eigenvalue weighted by Gasteiger charge is 2.29. The number of nitrogens with zero attached hydrogens (tertiary/aromatic N) is 2. The van der Waals surface area contributed by atoms with Gasteiger partial charge < -0.3 is 10.3 Å². The van der Waals surface area contributed by atoms with Crippen LogP contribution >= 0.6 is 11.6 Å². The van der Waals surface area contributed by atoms with Gasteiger partial charge in [-0.2, -0.15) is 18.3 Å². The number of carbonyl (C=O) groups excluding carboxylic acids is 1. The molecule has 0 saturated heterocycles. The Hall–Kier alpha value is -3.33. The van der Waals surface area contributed by atoms with E-state index < -0.39 is 23.5 Å². The summed E-state index contributed by atoms with van der Waals surface area (Å²) in [6.45, 7) is 0.202. The third-order valence-electron chi connectivity index (χ3n) is 4.49. The van der Waals surface area contributed by atoms with Gasteiger partial charge in [-0.15, -0.1) is 0 Å². The SMILES string of the molecule is O=C(Nc1c[nH]c2cc(F)c(Cl)cc12)c1cnn(Cc2ccc(C(F)(F)F)cc2)c1. The summed E-state index contributed by atoms with van der Waals surface area (Å²) in [6, 6.07) is 7.36. The normalized spacial score (nSPS) is 11.8. The number of nitrogens with one attached hydrogen (secondary N) is 2. The van der Waals surface area contributed by atoms with Crippen molar-refractivity contribution in [1.82, 2.24) is 14.8 Å². The highest BCUT2D eigenvalue weighted by atomic mass is 35.5. The zero-order valence-corrected chi connectivity index (χ0v) is 15.9. The van der Waals surface area contributed by atoms with Crippen molar-refractivity contribution in [2.75, 3.05) is 5.32 Å². The maximum Gasteiger partial charge on any atom is 0.416 e. The summed E-state index contributed by atoms with van der Waals surface area (Å²) >= 11 is 5.81. The van der Waals surface area contributed by atoms with Crippen LogP contribution in [0.3, 0.4) is 0 Å². The van der Waals surface area contributed by atoms with E-state index >= 15 is 0 Å². The number of halogens is 5. The minimum Gasteiger partial charge on any atom is -0.359 e. The number of H-pyrrole nitrogens is 1. The maximum atomic E-state index is 13.5. The van der Waals surface area contributed by atoms with E-state index in [2.05, 4.69) is 15.4 Å². The summed E-state index contributed by atoms with van der Waals surface area (Å²) < 4.78 is 52.9. The van der Waals surface area contributed by atoms with E-state index in [0.29, 0.717) is 22.2 Å². The molecule has 30 heavy (non-hydrogen) atoms. The van der Waals surface area contributed by atoms with Crippen LogP contribution in [-0.4, -0.2) is 20.7 Å². The predicted molar refractivity (Wildman–Crippen MR) is 104 cm³/mol. The zero-order chi connectivity index (χ0) is 21.5. The second-order valence-corrected chi connectivity index (χ2v) is 7.00. The fourth-order valence-corrected chi connectivity index (χ4v) is 3.13. The zero-order valence-electron chi connectivity index (χ0n) is 15.1. The summed E-state index contributed by atoms with van der Waals surface area (Å²) in [6.07, 6.45) is -0.0474. The van der Waals surface area contributed by atoms with Crippen LogP contribution in [0.25, 0.3) is 10.9 Å². The number of hydrogen-bond donors (Lipinski definition) is 2. The highest BCUT2D eigenvalue weighted by molar-refractivity contribution is 6.31. The third-order valence-corrected chi connectivity index (χ3v) is 4.78. The number of anilines is 1. The van der Waals surface area contributed by atoms with E-state index in [1.807, 2.05) is 0 Å². The number of alkyl halides is 3. The predicted octanol–water partition coefficient (Wildman–Crippen LogP) is 5.48. The third kappa shape index (κ3) is 4.02. The second kappa shape index (κ2) is 7.49. The van der Waals surface area contributed by atoms with Crippen molar-refractivity contribution in [3.8, 4) is 0 Å². The first-order chi connectivity index (χ1) is 14.2. The van der Waals surface area contributed by atoms with Gasteiger partial charge in [0.25, 0.3) is 5.91 Å². The first kappa shape index (κ1) is 20.0. The molecule has 10 heteroatoms. The van der Waals surface area contributed by atoms with E-state index in [0.717, 1.165) is 12.1 Å². The number of benzene rings is 2. The molecule has 0 saturated carbocycles. The lowest BCUT2D eigenvalue weighted by Crippen LogP contribution is -2.11. The van der Waals surface area contributed by atoms with Crippen LogP contribution in [0.2, 0.25) is 5.02 Å². The van der Waals surface area contributed by atoms with Gasteiger partial charge in [0, 0.05) is 17.8 Å². The number of fused-ring (bicyclic) bond motifs is 1. The van der Waals surface area contributed by atoms with Crippen LogP contribution in [0, 0.1) is 5.82 Å². The largest absolute Gasteiger partial charge is 0.416 e. The van der Waals surface area contributed by atoms with Gasteiger partial charge in [0.15, 0.2) is 0 Å². The molecule has 1 amide bonds. The van der Waals surface area contributed by atoms with Gasteiger partial charge >= 0.3 is 6.18 Å². The van der Waals surface area contributed by atoms with Crippen molar-refractivity contribution >= 4 is 34.1 Å². The van der Waals surface area contributed by atoms with Gasteiger partial charge in [-0.05, 0) is 29.8 Å². The molecule has 0 radical (unpaired) electrons. The molecule has 4 aromatic rings. The summed E-state index contributed by atoms with van der Waals surface area (Å²) in [5.74, 6) is -1.02. The van der Waals surface area contributed by atoms with Gasteiger partial charge in [0.05, 0.1) is 40.1 Å². The Morgan fingerprint density at radius 1 is 1.20 bits per heavy atom. The molecule has 0 fully saturated rings. The smallest absolute Gasteiger partial charge is 0.359 e. The highest BCUT2D eigenvalue weighted by Crippen LogP contribution is 2.30. The quantitative estimate of drug-likeness (QED) is 0.416. The summed E-state index contributed by atoms with van der Waals surface area (Å²) in [4.78, 5) is 15.4.